The van der Waals surface area contributed by atoms with E-state index < -0.39 is 0 Å². The molecule has 2 unspecified atom stereocenters. The molecule has 16 heavy (non-hydrogen) atoms. The maximum absolute atomic E-state index is 11.7. The largest absolute Gasteiger partial charge is 0.344 e. The van der Waals surface area contributed by atoms with Crippen LogP contribution in [0.4, 0.5) is 0 Å². The number of carbonyl (C=O) groups is 1. The van der Waals surface area contributed by atoms with Crippen LogP contribution in [-0.2, 0) is 4.79 Å². The summed E-state index contributed by atoms with van der Waals surface area (Å²) in [4.78, 5) is 17.9. The fraction of sp³-hybridized carbons (Fsp3) is 0.636. The Morgan fingerprint density at radius 1 is 1.69 bits per heavy atom. The van der Waals surface area contributed by atoms with Gasteiger partial charge in [0, 0.05) is 24.7 Å². The third-order valence-electron chi connectivity index (χ3n) is 2.89. The molecule has 1 N–H and O–H groups in total. The number of nitrogens with one attached hydrogen (secondary N) is 1. The Kier molecular flexibility index (Phi) is 3.25. The number of hydrogen-bond acceptors (Lipinski definition) is 4. The minimum Gasteiger partial charge on any atom is -0.344 e. The second-order valence-corrected chi connectivity index (χ2v) is 5.21. The van der Waals surface area contributed by atoms with Crippen molar-refractivity contribution in [3.8, 4) is 0 Å². The number of nitrogens with zero attached hydrogens (tertiary/aromatic N) is 2. The zero-order chi connectivity index (χ0) is 11.7. The second-order valence-electron chi connectivity index (χ2n) is 4.32. The van der Waals surface area contributed by atoms with E-state index in [-0.39, 0.29) is 18.0 Å². The average molecular weight is 239 g/mol. The normalized spacial score (nSPS) is 22.8. The van der Waals surface area contributed by atoms with Crippen molar-refractivity contribution in [1.82, 2.24) is 15.2 Å². The number of thiazole rings is 1. The van der Waals surface area contributed by atoms with E-state index in [9.17, 15) is 4.79 Å². The first-order valence-electron chi connectivity index (χ1n) is 5.51. The predicted octanol–water partition coefficient (Wildman–Crippen LogP) is 1.33. The van der Waals surface area contributed by atoms with Gasteiger partial charge in [-0.3, -0.25) is 10.1 Å². The third-order valence-corrected chi connectivity index (χ3v) is 4.03. The zero-order valence-corrected chi connectivity index (χ0v) is 10.7. The van der Waals surface area contributed by atoms with Crippen LogP contribution < -0.4 is 5.32 Å². The van der Waals surface area contributed by atoms with Crippen LogP contribution in [0.5, 0.6) is 0 Å². The molecule has 0 aliphatic carbocycles. The molecule has 1 fully saturated rings. The quantitative estimate of drug-likeness (QED) is 0.865. The smallest absolute Gasteiger partial charge is 0.239 e. The number of rotatable bonds is 3. The van der Waals surface area contributed by atoms with E-state index in [1.54, 1.807) is 16.2 Å². The summed E-state index contributed by atoms with van der Waals surface area (Å²) in [5, 5.41) is 6.44. The molecule has 2 rings (SSSR count). The Morgan fingerprint density at radius 3 is 2.94 bits per heavy atom. The molecule has 0 bridgehead atoms. The highest BCUT2D eigenvalue weighted by atomic mass is 32.1. The number of aromatic nitrogens is 1. The second kappa shape index (κ2) is 4.51. The summed E-state index contributed by atoms with van der Waals surface area (Å²) < 4.78 is 0. The fourth-order valence-electron chi connectivity index (χ4n) is 1.92. The topological polar surface area (TPSA) is 45.2 Å². The van der Waals surface area contributed by atoms with E-state index in [1.807, 2.05) is 19.4 Å². The van der Waals surface area contributed by atoms with Gasteiger partial charge < -0.3 is 4.90 Å². The van der Waals surface area contributed by atoms with E-state index in [4.69, 9.17) is 0 Å². The molecule has 1 aliphatic heterocycles. The maximum atomic E-state index is 11.7. The van der Waals surface area contributed by atoms with Crippen molar-refractivity contribution in [1.29, 1.82) is 0 Å². The van der Waals surface area contributed by atoms with E-state index >= 15 is 0 Å². The minimum atomic E-state index is -0.0378. The number of likely N-dealkylation sites (tertiary alicyclic amines) is 1. The molecule has 2 heterocycles. The monoisotopic (exact) mass is 239 g/mol. The molecule has 2 atom stereocenters. The van der Waals surface area contributed by atoms with Gasteiger partial charge in [-0.25, -0.2) is 4.98 Å². The molecule has 88 valence electrons. The lowest BCUT2D eigenvalue weighted by atomic mass is 10.2. The van der Waals surface area contributed by atoms with Gasteiger partial charge in [0.15, 0.2) is 0 Å². The van der Waals surface area contributed by atoms with E-state index in [0.717, 1.165) is 23.7 Å². The Bertz CT molecular complexity index is 390. The van der Waals surface area contributed by atoms with Crippen LogP contribution in [0.2, 0.25) is 0 Å². The lowest BCUT2D eigenvalue weighted by molar-refractivity contribution is -0.128. The van der Waals surface area contributed by atoms with Crippen molar-refractivity contribution in [3.05, 3.63) is 16.1 Å². The first-order valence-corrected chi connectivity index (χ1v) is 6.39. The molecule has 1 aliphatic rings. The molecule has 1 aromatic rings. The summed E-state index contributed by atoms with van der Waals surface area (Å²) >= 11 is 1.64. The molecular weight excluding hydrogens is 222 g/mol. The molecule has 0 aromatic carbocycles. The van der Waals surface area contributed by atoms with Crippen LogP contribution in [0, 0.1) is 6.92 Å². The van der Waals surface area contributed by atoms with Crippen LogP contribution >= 0.6 is 11.3 Å². The summed E-state index contributed by atoms with van der Waals surface area (Å²) in [5.74, 6) is 0.195. The zero-order valence-electron chi connectivity index (χ0n) is 9.86. The third kappa shape index (κ3) is 2.25. The van der Waals surface area contributed by atoms with Crippen LogP contribution in [0.15, 0.2) is 5.38 Å². The summed E-state index contributed by atoms with van der Waals surface area (Å²) in [6.07, 6.45) is 0.893. The number of hydrogen-bond donors (Lipinski definition) is 1. The number of aryl methyl sites for hydroxylation is 1. The van der Waals surface area contributed by atoms with Gasteiger partial charge in [0.2, 0.25) is 5.91 Å². The summed E-state index contributed by atoms with van der Waals surface area (Å²) in [6.45, 7) is 4.89. The van der Waals surface area contributed by atoms with E-state index in [2.05, 4.69) is 17.2 Å². The van der Waals surface area contributed by atoms with Crippen LogP contribution in [-0.4, -0.2) is 35.4 Å². The van der Waals surface area contributed by atoms with E-state index in [1.165, 1.54) is 0 Å². The Morgan fingerprint density at radius 2 is 2.44 bits per heavy atom. The Labute approximate surface area is 99.7 Å². The molecule has 0 radical (unpaired) electrons. The summed E-state index contributed by atoms with van der Waals surface area (Å²) in [6, 6.07) is 0.114. The molecule has 0 spiro atoms. The first-order chi connectivity index (χ1) is 7.58. The fourth-order valence-corrected chi connectivity index (χ4v) is 2.73. The molecule has 0 saturated carbocycles. The van der Waals surface area contributed by atoms with Gasteiger partial charge in [0.05, 0.1) is 12.1 Å². The van der Waals surface area contributed by atoms with Crippen molar-refractivity contribution in [2.45, 2.75) is 32.4 Å². The molecule has 5 heteroatoms. The lowest BCUT2D eigenvalue weighted by Gasteiger charge is -2.16. The highest BCUT2D eigenvalue weighted by Crippen LogP contribution is 2.20. The molecule has 1 amide bonds. The Balaban J connectivity index is 1.97. The van der Waals surface area contributed by atoms with Crippen LogP contribution in [0.3, 0.4) is 0 Å². The maximum Gasteiger partial charge on any atom is 0.239 e. The first kappa shape index (κ1) is 11.5. The van der Waals surface area contributed by atoms with Gasteiger partial charge in [-0.2, -0.15) is 0 Å². The molecule has 1 saturated heterocycles. The van der Waals surface area contributed by atoms with E-state index in [0.29, 0.717) is 0 Å². The molecule has 1 aromatic heterocycles. The highest BCUT2D eigenvalue weighted by Gasteiger charge is 2.30. The van der Waals surface area contributed by atoms with Crippen molar-refractivity contribution >= 4 is 17.2 Å². The van der Waals surface area contributed by atoms with Crippen molar-refractivity contribution in [3.63, 3.8) is 0 Å². The number of carbonyl (C=O) groups excluding carboxylic acids is 1. The van der Waals surface area contributed by atoms with Crippen LogP contribution in [0.1, 0.15) is 30.1 Å². The summed E-state index contributed by atoms with van der Waals surface area (Å²) in [7, 11) is 1.85. The Hall–Kier alpha value is -0.940. The number of likely N-dealkylation sites (N-methyl/N-ethyl adjacent to an activating group) is 1. The predicted molar refractivity (Wildman–Crippen MR) is 64.4 cm³/mol. The van der Waals surface area contributed by atoms with Crippen molar-refractivity contribution in [2.24, 2.45) is 0 Å². The SMILES string of the molecule is Cc1csc(C(C)NC2CCN(C)C2=O)n1. The van der Waals surface area contributed by atoms with Gasteiger partial charge in [-0.1, -0.05) is 0 Å². The van der Waals surface area contributed by atoms with Gasteiger partial charge >= 0.3 is 0 Å². The standard InChI is InChI=1S/C11H17N3OS/c1-7-6-16-10(12-7)8(2)13-9-4-5-14(3)11(9)15/h6,8-9,13H,4-5H2,1-3H3. The van der Waals surface area contributed by atoms with Gasteiger partial charge in [0.1, 0.15) is 5.01 Å². The minimum absolute atomic E-state index is 0.0378. The molecular formula is C11H17N3OS. The van der Waals surface area contributed by atoms with Gasteiger partial charge in [-0.15, -0.1) is 11.3 Å². The van der Waals surface area contributed by atoms with Gasteiger partial charge in [-0.05, 0) is 20.3 Å². The average Bonchev–Trinajstić information content (AvgIpc) is 2.79. The summed E-state index contributed by atoms with van der Waals surface area (Å²) in [5.41, 5.74) is 1.04. The lowest BCUT2D eigenvalue weighted by Crippen LogP contribution is -2.38. The highest BCUT2D eigenvalue weighted by molar-refractivity contribution is 7.09. The van der Waals surface area contributed by atoms with Gasteiger partial charge in [0.25, 0.3) is 0 Å². The van der Waals surface area contributed by atoms with Crippen LogP contribution in [0.25, 0.3) is 0 Å². The van der Waals surface area contributed by atoms with Crippen molar-refractivity contribution < 1.29 is 4.79 Å². The number of amides is 1. The molecule has 4 nitrogen and oxygen atoms in total. The van der Waals surface area contributed by atoms with Crippen molar-refractivity contribution in [2.75, 3.05) is 13.6 Å².